The summed E-state index contributed by atoms with van der Waals surface area (Å²) in [4.78, 5) is 11.5. The first-order valence-electron chi connectivity index (χ1n) is 7.18. The van der Waals surface area contributed by atoms with Gasteiger partial charge in [-0.05, 0) is 38.4 Å². The fourth-order valence-electron chi connectivity index (χ4n) is 2.32. The van der Waals surface area contributed by atoms with Gasteiger partial charge in [-0.1, -0.05) is 12.1 Å². The van der Waals surface area contributed by atoms with Crippen LogP contribution in [0.1, 0.15) is 19.8 Å². The minimum atomic E-state index is -4.07. The van der Waals surface area contributed by atoms with Gasteiger partial charge < -0.3 is 10.6 Å². The topological polar surface area (TPSA) is 87.3 Å². The van der Waals surface area contributed by atoms with Crippen molar-refractivity contribution in [3.8, 4) is 0 Å². The van der Waals surface area contributed by atoms with E-state index in [4.69, 9.17) is 0 Å². The van der Waals surface area contributed by atoms with Crippen molar-refractivity contribution in [2.75, 3.05) is 13.1 Å². The molecule has 1 aliphatic heterocycles. The molecular formula is C14H20FN3O3S. The smallest absolute Gasteiger partial charge is 0.244 e. The van der Waals surface area contributed by atoms with Gasteiger partial charge in [0.1, 0.15) is 10.7 Å². The van der Waals surface area contributed by atoms with Crippen LogP contribution in [0, 0.1) is 5.82 Å². The van der Waals surface area contributed by atoms with E-state index in [1.807, 2.05) is 0 Å². The molecule has 1 aromatic carbocycles. The molecule has 1 saturated heterocycles. The molecule has 22 heavy (non-hydrogen) atoms. The summed E-state index contributed by atoms with van der Waals surface area (Å²) in [5, 5.41) is 5.92. The Morgan fingerprint density at radius 2 is 2.18 bits per heavy atom. The van der Waals surface area contributed by atoms with Crippen LogP contribution in [-0.2, 0) is 14.8 Å². The van der Waals surface area contributed by atoms with Crippen LogP contribution < -0.4 is 15.4 Å². The zero-order valence-corrected chi connectivity index (χ0v) is 13.1. The van der Waals surface area contributed by atoms with E-state index in [-0.39, 0.29) is 6.04 Å². The van der Waals surface area contributed by atoms with Gasteiger partial charge in [-0.25, -0.2) is 12.8 Å². The normalized spacial score (nSPS) is 19.8. The largest absolute Gasteiger partial charge is 0.353 e. The summed E-state index contributed by atoms with van der Waals surface area (Å²) in [5.74, 6) is -1.29. The third-order valence-corrected chi connectivity index (χ3v) is 5.11. The van der Waals surface area contributed by atoms with Crippen molar-refractivity contribution in [2.45, 2.75) is 36.7 Å². The van der Waals surface area contributed by atoms with Crippen LogP contribution in [0.25, 0.3) is 0 Å². The van der Waals surface area contributed by atoms with Crippen LogP contribution in [0.15, 0.2) is 29.2 Å². The Balaban J connectivity index is 1.93. The molecule has 2 atom stereocenters. The number of carbonyl (C=O) groups excluding carboxylic acids is 1. The summed E-state index contributed by atoms with van der Waals surface area (Å²) < 4.78 is 39.9. The summed E-state index contributed by atoms with van der Waals surface area (Å²) in [6, 6.07) is 4.29. The zero-order valence-electron chi connectivity index (χ0n) is 12.3. The van der Waals surface area contributed by atoms with Crippen molar-refractivity contribution in [1.29, 1.82) is 0 Å². The molecule has 1 amide bonds. The number of carbonyl (C=O) groups is 1. The van der Waals surface area contributed by atoms with Gasteiger partial charge in [0.15, 0.2) is 0 Å². The summed E-state index contributed by atoms with van der Waals surface area (Å²) in [5.41, 5.74) is 0. The van der Waals surface area contributed by atoms with Crippen molar-refractivity contribution < 1.29 is 17.6 Å². The van der Waals surface area contributed by atoms with Crippen molar-refractivity contribution in [1.82, 2.24) is 15.4 Å². The second kappa shape index (κ2) is 7.17. The highest BCUT2D eigenvalue weighted by Gasteiger charge is 2.25. The van der Waals surface area contributed by atoms with E-state index in [0.29, 0.717) is 6.54 Å². The van der Waals surface area contributed by atoms with E-state index >= 15 is 0 Å². The molecule has 2 rings (SSSR count). The number of rotatable bonds is 6. The van der Waals surface area contributed by atoms with Gasteiger partial charge in [0, 0.05) is 12.6 Å². The molecule has 0 aliphatic carbocycles. The molecule has 6 nitrogen and oxygen atoms in total. The molecule has 0 spiro atoms. The first-order valence-corrected chi connectivity index (χ1v) is 8.66. The number of hydrogen-bond acceptors (Lipinski definition) is 4. The van der Waals surface area contributed by atoms with Gasteiger partial charge in [-0.3, -0.25) is 4.79 Å². The number of benzene rings is 1. The van der Waals surface area contributed by atoms with Crippen LogP contribution in [0.3, 0.4) is 0 Å². The minimum Gasteiger partial charge on any atom is -0.353 e. The fraction of sp³-hybridized carbons (Fsp3) is 0.500. The van der Waals surface area contributed by atoms with E-state index < -0.39 is 32.7 Å². The van der Waals surface area contributed by atoms with Gasteiger partial charge in [0.25, 0.3) is 0 Å². The summed E-state index contributed by atoms with van der Waals surface area (Å²) in [6.45, 7) is 2.80. The lowest BCUT2D eigenvalue weighted by Gasteiger charge is -2.17. The monoisotopic (exact) mass is 329 g/mol. The number of nitrogens with one attached hydrogen (secondary N) is 3. The lowest BCUT2D eigenvalue weighted by molar-refractivity contribution is -0.122. The number of hydrogen-bond donors (Lipinski definition) is 3. The zero-order chi connectivity index (χ0) is 16.2. The lowest BCUT2D eigenvalue weighted by Crippen LogP contribution is -2.47. The molecule has 2 unspecified atom stereocenters. The fourth-order valence-corrected chi connectivity index (χ4v) is 3.60. The Bertz CT molecular complexity index is 630. The Hall–Kier alpha value is -1.51. The summed E-state index contributed by atoms with van der Waals surface area (Å²) in [6.07, 6.45) is 2.05. The highest BCUT2D eigenvalue weighted by Crippen LogP contribution is 2.13. The third kappa shape index (κ3) is 4.25. The van der Waals surface area contributed by atoms with Gasteiger partial charge in [-0.15, -0.1) is 0 Å². The first-order chi connectivity index (χ1) is 10.4. The van der Waals surface area contributed by atoms with Gasteiger partial charge in [0.05, 0.1) is 6.04 Å². The van der Waals surface area contributed by atoms with E-state index in [1.54, 1.807) is 0 Å². The SMILES string of the molecule is CC(NS(=O)(=O)c1ccccc1F)C(=O)NCC1CCCN1. The molecule has 122 valence electrons. The van der Waals surface area contributed by atoms with Crippen molar-refractivity contribution >= 4 is 15.9 Å². The van der Waals surface area contributed by atoms with E-state index in [9.17, 15) is 17.6 Å². The highest BCUT2D eigenvalue weighted by atomic mass is 32.2. The van der Waals surface area contributed by atoms with Crippen LogP contribution in [0.5, 0.6) is 0 Å². The lowest BCUT2D eigenvalue weighted by atomic mass is 10.2. The molecule has 0 aromatic heterocycles. The molecular weight excluding hydrogens is 309 g/mol. The third-order valence-electron chi connectivity index (χ3n) is 3.54. The molecule has 0 saturated carbocycles. The van der Waals surface area contributed by atoms with E-state index in [1.165, 1.54) is 19.1 Å². The predicted molar refractivity (Wildman–Crippen MR) is 80.2 cm³/mol. The van der Waals surface area contributed by atoms with Crippen LogP contribution >= 0.6 is 0 Å². The Morgan fingerprint density at radius 3 is 2.82 bits per heavy atom. The maximum atomic E-state index is 13.6. The Kier molecular flexibility index (Phi) is 5.49. The van der Waals surface area contributed by atoms with Gasteiger partial charge in [0.2, 0.25) is 15.9 Å². The van der Waals surface area contributed by atoms with Gasteiger partial charge >= 0.3 is 0 Å². The average Bonchev–Trinajstić information content (AvgIpc) is 2.97. The maximum absolute atomic E-state index is 13.6. The molecule has 8 heteroatoms. The van der Waals surface area contributed by atoms with Gasteiger partial charge in [-0.2, -0.15) is 4.72 Å². The minimum absolute atomic E-state index is 0.222. The van der Waals surface area contributed by atoms with Crippen LogP contribution in [0.2, 0.25) is 0 Å². The van der Waals surface area contributed by atoms with E-state index in [2.05, 4.69) is 15.4 Å². The average molecular weight is 329 g/mol. The number of amides is 1. The summed E-state index contributed by atoms with van der Waals surface area (Å²) >= 11 is 0. The Morgan fingerprint density at radius 1 is 1.45 bits per heavy atom. The van der Waals surface area contributed by atoms with E-state index in [0.717, 1.165) is 31.5 Å². The quantitative estimate of drug-likeness (QED) is 0.703. The molecule has 0 radical (unpaired) electrons. The first kappa shape index (κ1) is 16.9. The Labute approximate surface area is 129 Å². The maximum Gasteiger partial charge on any atom is 0.244 e. The van der Waals surface area contributed by atoms with Crippen molar-refractivity contribution in [3.63, 3.8) is 0 Å². The molecule has 1 aromatic rings. The highest BCUT2D eigenvalue weighted by molar-refractivity contribution is 7.89. The molecule has 0 bridgehead atoms. The summed E-state index contributed by atoms with van der Waals surface area (Å²) in [7, 11) is -4.07. The number of sulfonamides is 1. The standard InChI is InChI=1S/C14H20FN3O3S/c1-10(14(19)17-9-11-5-4-8-16-11)18-22(20,21)13-7-3-2-6-12(13)15/h2-3,6-7,10-11,16,18H,4-5,8-9H2,1H3,(H,17,19). The second-order valence-electron chi connectivity index (χ2n) is 5.31. The predicted octanol–water partition coefficient (Wildman–Crippen LogP) is 0.361. The van der Waals surface area contributed by atoms with Crippen molar-refractivity contribution in [2.24, 2.45) is 0 Å². The molecule has 1 heterocycles. The van der Waals surface area contributed by atoms with Crippen molar-refractivity contribution in [3.05, 3.63) is 30.1 Å². The van der Waals surface area contributed by atoms with Crippen LogP contribution in [-0.4, -0.2) is 39.5 Å². The molecule has 3 N–H and O–H groups in total. The van der Waals surface area contributed by atoms with Crippen LogP contribution in [0.4, 0.5) is 4.39 Å². The molecule has 1 aliphatic rings. The number of halogens is 1. The molecule has 1 fully saturated rings. The second-order valence-corrected chi connectivity index (χ2v) is 6.99.